The van der Waals surface area contributed by atoms with E-state index in [9.17, 15) is 8.42 Å². The largest absolute Gasteiger partial charge is 0.335 e. The average molecular weight is 378 g/mol. The van der Waals surface area contributed by atoms with Gasteiger partial charge in [0.2, 0.25) is 10.0 Å². The molecule has 0 saturated carbocycles. The normalized spacial score (nSPS) is 13.6. The van der Waals surface area contributed by atoms with Crippen LogP contribution in [0.4, 0.5) is 0 Å². The molecule has 0 aliphatic carbocycles. The summed E-state index contributed by atoms with van der Waals surface area (Å²) >= 11 is 0. The first kappa shape index (κ1) is 20.3. The van der Waals surface area contributed by atoms with Crippen LogP contribution in [0.1, 0.15) is 38.0 Å². The summed E-state index contributed by atoms with van der Waals surface area (Å²) in [7, 11) is -1.55. The number of benzene rings is 1. The average Bonchev–Trinajstić information content (AvgIpc) is 3.08. The van der Waals surface area contributed by atoms with Crippen molar-refractivity contribution in [3.8, 4) is 0 Å². The Labute approximate surface area is 155 Å². The molecule has 1 N–H and O–H groups in total. The maximum absolute atomic E-state index is 12.5. The van der Waals surface area contributed by atoms with E-state index < -0.39 is 10.0 Å². The van der Waals surface area contributed by atoms with Gasteiger partial charge in [0.1, 0.15) is 0 Å². The summed E-state index contributed by atoms with van der Waals surface area (Å²) in [6.07, 6.45) is 4.22. The molecule has 26 heavy (non-hydrogen) atoms. The third-order valence-electron chi connectivity index (χ3n) is 4.11. The van der Waals surface area contributed by atoms with Crippen molar-refractivity contribution < 1.29 is 12.9 Å². The molecule has 7 nitrogen and oxygen atoms in total. The first-order chi connectivity index (χ1) is 12.4. The molecule has 0 bridgehead atoms. The second-order valence-electron chi connectivity index (χ2n) is 5.93. The molecule has 1 unspecified atom stereocenters. The van der Waals surface area contributed by atoms with E-state index in [0.29, 0.717) is 36.1 Å². The third-order valence-corrected chi connectivity index (χ3v) is 6.17. The van der Waals surface area contributed by atoms with Crippen molar-refractivity contribution in [3.63, 3.8) is 0 Å². The first-order valence-corrected chi connectivity index (χ1v) is 10.1. The van der Waals surface area contributed by atoms with Crippen LogP contribution in [0.2, 0.25) is 0 Å². The lowest BCUT2D eigenvalue weighted by molar-refractivity contribution is 0.400. The number of likely N-dealkylation sites (N-methyl/N-ethyl adjacent to an activating group) is 1. The number of aromatic nitrogens is 2. The fourth-order valence-electron chi connectivity index (χ4n) is 2.43. The molecule has 1 atom stereocenters. The van der Waals surface area contributed by atoms with Gasteiger partial charge >= 0.3 is 0 Å². The van der Waals surface area contributed by atoms with Gasteiger partial charge in [0.25, 0.3) is 5.89 Å². The second kappa shape index (κ2) is 9.07. The van der Waals surface area contributed by atoms with Gasteiger partial charge in [-0.3, -0.25) is 0 Å². The Balaban J connectivity index is 2.08. The van der Waals surface area contributed by atoms with E-state index in [-0.39, 0.29) is 6.04 Å². The summed E-state index contributed by atoms with van der Waals surface area (Å²) in [5.74, 6) is 1.07. The predicted octanol–water partition coefficient (Wildman–Crippen LogP) is 2.42. The number of nitrogens with zero attached hydrogens (tertiary/aromatic N) is 3. The van der Waals surface area contributed by atoms with E-state index >= 15 is 0 Å². The highest BCUT2D eigenvalue weighted by molar-refractivity contribution is 7.89. The van der Waals surface area contributed by atoms with E-state index in [4.69, 9.17) is 4.52 Å². The highest BCUT2D eigenvalue weighted by Crippen LogP contribution is 2.17. The van der Waals surface area contributed by atoms with Crippen LogP contribution in [-0.4, -0.2) is 49.0 Å². The minimum absolute atomic E-state index is 0.268. The zero-order valence-corrected chi connectivity index (χ0v) is 16.5. The Morgan fingerprint density at radius 3 is 2.42 bits per heavy atom. The van der Waals surface area contributed by atoms with Crippen LogP contribution in [0, 0.1) is 0 Å². The Bertz CT molecular complexity index is 824. The van der Waals surface area contributed by atoms with Gasteiger partial charge in [0.05, 0.1) is 4.90 Å². The number of rotatable bonds is 9. The van der Waals surface area contributed by atoms with E-state index in [1.54, 1.807) is 30.3 Å². The lowest BCUT2D eigenvalue weighted by Crippen LogP contribution is -2.30. The topological polar surface area (TPSA) is 88.3 Å². The zero-order valence-electron chi connectivity index (χ0n) is 15.6. The summed E-state index contributed by atoms with van der Waals surface area (Å²) < 4.78 is 31.6. The molecule has 142 valence electrons. The highest BCUT2D eigenvalue weighted by Gasteiger charge is 2.20. The van der Waals surface area contributed by atoms with Gasteiger partial charge < -0.3 is 9.84 Å². The van der Waals surface area contributed by atoms with Crippen molar-refractivity contribution in [2.75, 3.05) is 20.1 Å². The molecule has 8 heteroatoms. The van der Waals surface area contributed by atoms with E-state index in [0.717, 1.165) is 5.56 Å². The van der Waals surface area contributed by atoms with Crippen molar-refractivity contribution >= 4 is 22.2 Å². The smallest absolute Gasteiger partial charge is 0.250 e. The maximum atomic E-state index is 12.5. The predicted molar refractivity (Wildman–Crippen MR) is 102 cm³/mol. The van der Waals surface area contributed by atoms with Crippen LogP contribution >= 0.6 is 0 Å². The molecular weight excluding hydrogens is 352 g/mol. The summed E-state index contributed by atoms with van der Waals surface area (Å²) in [4.78, 5) is 4.60. The van der Waals surface area contributed by atoms with Gasteiger partial charge in [0, 0.05) is 31.6 Å². The minimum Gasteiger partial charge on any atom is -0.335 e. The van der Waals surface area contributed by atoms with Gasteiger partial charge in [-0.1, -0.05) is 31.1 Å². The summed E-state index contributed by atoms with van der Waals surface area (Å²) in [6, 6.07) is 7.01. The SMILES string of the molecule is CCN(CC)S(=O)(=O)c1ccc(/C=C/c2nc(CC(C)NC)no2)cc1. The van der Waals surface area contributed by atoms with Crippen LogP contribution in [0.25, 0.3) is 12.2 Å². The Morgan fingerprint density at radius 1 is 1.19 bits per heavy atom. The van der Waals surface area contributed by atoms with Crippen LogP contribution in [0.5, 0.6) is 0 Å². The molecule has 0 amide bonds. The summed E-state index contributed by atoms with van der Waals surface area (Å²) in [5.41, 5.74) is 0.854. The molecule has 0 spiro atoms. The lowest BCUT2D eigenvalue weighted by atomic mass is 10.2. The van der Waals surface area contributed by atoms with Gasteiger partial charge in [-0.15, -0.1) is 0 Å². The number of nitrogens with one attached hydrogen (secondary N) is 1. The van der Waals surface area contributed by atoms with Crippen LogP contribution in [0.15, 0.2) is 33.7 Å². The van der Waals surface area contributed by atoms with Gasteiger partial charge in [-0.25, -0.2) is 8.42 Å². The highest BCUT2D eigenvalue weighted by atomic mass is 32.2. The molecule has 0 aliphatic heterocycles. The maximum Gasteiger partial charge on any atom is 0.250 e. The molecule has 1 heterocycles. The number of hydrogen-bond donors (Lipinski definition) is 1. The monoisotopic (exact) mass is 378 g/mol. The van der Waals surface area contributed by atoms with Crippen LogP contribution in [-0.2, 0) is 16.4 Å². The molecule has 0 radical (unpaired) electrons. The molecule has 2 aromatic rings. The van der Waals surface area contributed by atoms with Crippen molar-refractivity contribution in [1.82, 2.24) is 19.8 Å². The molecular formula is C18H26N4O3S. The summed E-state index contributed by atoms with van der Waals surface area (Å²) in [5, 5.41) is 7.06. The third kappa shape index (κ3) is 5.00. The summed E-state index contributed by atoms with van der Waals surface area (Å²) in [6.45, 7) is 6.60. The minimum atomic E-state index is -3.43. The zero-order chi connectivity index (χ0) is 19.2. The second-order valence-corrected chi connectivity index (χ2v) is 7.87. The van der Waals surface area contributed by atoms with E-state index in [1.165, 1.54) is 4.31 Å². The molecule has 0 saturated heterocycles. The van der Waals surface area contributed by atoms with Crippen molar-refractivity contribution in [2.24, 2.45) is 0 Å². The quantitative estimate of drug-likeness (QED) is 0.721. The Hall–Kier alpha value is -2.03. The van der Waals surface area contributed by atoms with Crippen LogP contribution < -0.4 is 5.32 Å². The number of hydrogen-bond acceptors (Lipinski definition) is 6. The molecule has 2 rings (SSSR count). The Morgan fingerprint density at radius 2 is 1.85 bits per heavy atom. The molecule has 1 aromatic carbocycles. The fourth-order valence-corrected chi connectivity index (χ4v) is 3.88. The van der Waals surface area contributed by atoms with Crippen molar-refractivity contribution in [1.29, 1.82) is 0 Å². The van der Waals surface area contributed by atoms with Gasteiger partial charge in [-0.05, 0) is 37.7 Å². The van der Waals surface area contributed by atoms with Crippen molar-refractivity contribution in [2.45, 2.75) is 38.1 Å². The Kier molecular flexibility index (Phi) is 7.07. The standard InChI is InChI=1S/C18H26N4O3S/c1-5-22(6-2)26(23,24)16-10-7-15(8-11-16)9-12-18-20-17(21-25-18)13-14(3)19-4/h7-12,14,19H,5-6,13H2,1-4H3/b12-9+. The molecule has 0 aliphatic rings. The van der Waals surface area contributed by atoms with Gasteiger partial charge in [0.15, 0.2) is 5.82 Å². The van der Waals surface area contributed by atoms with Crippen molar-refractivity contribution in [3.05, 3.63) is 41.5 Å². The molecule has 1 aromatic heterocycles. The van der Waals surface area contributed by atoms with Gasteiger partial charge in [-0.2, -0.15) is 9.29 Å². The van der Waals surface area contributed by atoms with E-state index in [2.05, 4.69) is 15.5 Å². The number of sulfonamides is 1. The van der Waals surface area contributed by atoms with Crippen LogP contribution in [0.3, 0.4) is 0 Å². The fraction of sp³-hybridized carbons (Fsp3) is 0.444. The molecule has 0 fully saturated rings. The first-order valence-electron chi connectivity index (χ1n) is 8.68. The lowest BCUT2D eigenvalue weighted by Gasteiger charge is -2.18. The van der Waals surface area contributed by atoms with E-state index in [1.807, 2.05) is 33.9 Å².